The molecule has 0 aromatic heterocycles. The fraction of sp³-hybridized carbons (Fsp3) is 0.391. The molecule has 3 aliphatic rings. The summed E-state index contributed by atoms with van der Waals surface area (Å²) in [7, 11) is 0. The van der Waals surface area contributed by atoms with E-state index in [9.17, 15) is 9.59 Å². The molecule has 3 atom stereocenters. The fourth-order valence-electron chi connectivity index (χ4n) is 5.01. The van der Waals surface area contributed by atoms with Crippen molar-refractivity contribution >= 4 is 23.6 Å². The highest BCUT2D eigenvalue weighted by Gasteiger charge is 2.56. The van der Waals surface area contributed by atoms with Crippen LogP contribution in [-0.2, 0) is 20.9 Å². The summed E-state index contributed by atoms with van der Waals surface area (Å²) in [6.07, 6.45) is 4.40. The molecule has 2 aromatic carbocycles. The highest BCUT2D eigenvalue weighted by atomic mass is 32.2. The van der Waals surface area contributed by atoms with Crippen LogP contribution in [0.15, 0.2) is 54.6 Å². The maximum absolute atomic E-state index is 13.3. The molecule has 1 aliphatic carbocycles. The number of aryl methyl sites for hydroxylation is 1. The summed E-state index contributed by atoms with van der Waals surface area (Å²) in [6.45, 7) is 0. The van der Waals surface area contributed by atoms with E-state index in [4.69, 9.17) is 0 Å². The van der Waals surface area contributed by atoms with E-state index in [2.05, 4.69) is 35.6 Å². The predicted octanol–water partition coefficient (Wildman–Crippen LogP) is 3.77. The van der Waals surface area contributed by atoms with Crippen molar-refractivity contribution in [1.29, 1.82) is 0 Å². The van der Waals surface area contributed by atoms with Crippen LogP contribution in [0.3, 0.4) is 0 Å². The van der Waals surface area contributed by atoms with Gasteiger partial charge in [0.2, 0.25) is 11.8 Å². The molecule has 2 aliphatic heterocycles. The van der Waals surface area contributed by atoms with Gasteiger partial charge in [-0.05, 0) is 42.4 Å². The van der Waals surface area contributed by atoms with Gasteiger partial charge < -0.3 is 10.2 Å². The molecular formula is C23H24N2O2S. The van der Waals surface area contributed by atoms with Gasteiger partial charge in [0.1, 0.15) is 10.9 Å². The van der Waals surface area contributed by atoms with Crippen LogP contribution in [0.1, 0.15) is 48.4 Å². The van der Waals surface area contributed by atoms with Crippen molar-refractivity contribution in [2.45, 2.75) is 49.1 Å². The molecule has 2 heterocycles. The molecule has 4 nitrogen and oxygen atoms in total. The second-order valence-corrected chi connectivity index (χ2v) is 9.19. The topological polar surface area (TPSA) is 49.4 Å². The van der Waals surface area contributed by atoms with E-state index in [1.807, 2.05) is 29.2 Å². The molecule has 0 unspecified atom stereocenters. The number of hydrogen-bond donors (Lipinski definition) is 1. The average molecular weight is 393 g/mol. The molecule has 2 amide bonds. The second-order valence-electron chi connectivity index (χ2n) is 7.89. The monoisotopic (exact) mass is 392 g/mol. The number of hydrogen-bond acceptors (Lipinski definition) is 3. The van der Waals surface area contributed by atoms with Gasteiger partial charge in [0, 0.05) is 12.2 Å². The van der Waals surface area contributed by atoms with E-state index in [-0.39, 0.29) is 22.7 Å². The lowest BCUT2D eigenvalue weighted by Crippen LogP contribution is -2.50. The maximum Gasteiger partial charge on any atom is 0.244 e. The molecule has 1 N–H and O–H groups in total. The molecular weight excluding hydrogens is 368 g/mol. The van der Waals surface area contributed by atoms with Crippen molar-refractivity contribution in [2.24, 2.45) is 0 Å². The first kappa shape index (κ1) is 17.8. The van der Waals surface area contributed by atoms with Crippen LogP contribution in [0.4, 0.5) is 0 Å². The molecule has 5 heteroatoms. The lowest BCUT2D eigenvalue weighted by Gasteiger charge is -2.35. The lowest BCUT2D eigenvalue weighted by atomic mass is 9.87. The zero-order valence-electron chi connectivity index (χ0n) is 15.8. The number of rotatable bonds is 3. The van der Waals surface area contributed by atoms with E-state index in [0.29, 0.717) is 12.2 Å². The highest BCUT2D eigenvalue weighted by molar-refractivity contribution is 8.00. The predicted molar refractivity (Wildman–Crippen MR) is 111 cm³/mol. The molecule has 144 valence electrons. The quantitative estimate of drug-likeness (QED) is 0.865. The van der Waals surface area contributed by atoms with E-state index >= 15 is 0 Å². The number of nitrogens with one attached hydrogen (secondary N) is 1. The SMILES string of the molecule is O=C(N[C@@H]1CCCc2ccccc21)[C@@H]1CS[C@@]2(c3ccccc3)CCC(=O)N12. The normalized spacial score (nSPS) is 28.7. The van der Waals surface area contributed by atoms with E-state index in [1.54, 1.807) is 11.8 Å². The lowest BCUT2D eigenvalue weighted by molar-refractivity contribution is -0.138. The van der Waals surface area contributed by atoms with Crippen LogP contribution < -0.4 is 5.32 Å². The highest BCUT2D eigenvalue weighted by Crippen LogP contribution is 2.54. The Hall–Kier alpha value is -2.27. The number of nitrogens with zero attached hydrogens (tertiary/aromatic N) is 1. The Labute approximate surface area is 169 Å². The summed E-state index contributed by atoms with van der Waals surface area (Å²) in [6, 6.07) is 18.2. The third-order valence-corrected chi connectivity index (χ3v) is 7.94. The van der Waals surface area contributed by atoms with Gasteiger partial charge in [-0.3, -0.25) is 9.59 Å². The summed E-state index contributed by atoms with van der Waals surface area (Å²) in [4.78, 5) is 27.5. The molecule has 0 saturated carbocycles. The number of carbonyl (C=O) groups excluding carboxylic acids is 2. The minimum absolute atomic E-state index is 0.0118. The Bertz CT molecular complexity index is 916. The first-order valence-corrected chi connectivity index (χ1v) is 11.1. The van der Waals surface area contributed by atoms with Crippen molar-refractivity contribution < 1.29 is 9.59 Å². The van der Waals surface area contributed by atoms with Crippen LogP contribution in [0.25, 0.3) is 0 Å². The Kier molecular flexibility index (Phi) is 4.43. The maximum atomic E-state index is 13.3. The number of fused-ring (bicyclic) bond motifs is 2. The van der Waals surface area contributed by atoms with Crippen LogP contribution in [0.5, 0.6) is 0 Å². The van der Waals surface area contributed by atoms with Crippen LogP contribution >= 0.6 is 11.8 Å². The minimum atomic E-state index is -0.394. The fourth-order valence-corrected chi connectivity index (χ4v) is 6.66. The third kappa shape index (κ3) is 2.75. The Morgan fingerprint density at radius 2 is 1.86 bits per heavy atom. The van der Waals surface area contributed by atoms with Crippen molar-refractivity contribution in [3.05, 3.63) is 71.3 Å². The molecule has 2 fully saturated rings. The Morgan fingerprint density at radius 1 is 1.07 bits per heavy atom. The van der Waals surface area contributed by atoms with Crippen molar-refractivity contribution in [1.82, 2.24) is 10.2 Å². The van der Waals surface area contributed by atoms with Crippen molar-refractivity contribution in [3.8, 4) is 0 Å². The van der Waals surface area contributed by atoms with Gasteiger partial charge in [-0.25, -0.2) is 0 Å². The van der Waals surface area contributed by atoms with Crippen molar-refractivity contribution in [3.63, 3.8) is 0 Å². The third-order valence-electron chi connectivity index (χ3n) is 6.34. The number of carbonyl (C=O) groups is 2. The van der Waals surface area contributed by atoms with Crippen LogP contribution in [-0.4, -0.2) is 28.5 Å². The molecule has 0 bridgehead atoms. The van der Waals surface area contributed by atoms with Gasteiger partial charge in [-0.15, -0.1) is 11.8 Å². The molecule has 2 saturated heterocycles. The summed E-state index contributed by atoms with van der Waals surface area (Å²) < 4.78 is 0. The van der Waals surface area contributed by atoms with Gasteiger partial charge in [-0.1, -0.05) is 54.6 Å². The number of thioether (sulfide) groups is 1. The first-order valence-electron chi connectivity index (χ1n) is 10.1. The second kappa shape index (κ2) is 6.96. The summed E-state index contributed by atoms with van der Waals surface area (Å²) in [5.74, 6) is 0.737. The molecule has 5 rings (SSSR count). The van der Waals surface area contributed by atoms with Gasteiger partial charge in [-0.2, -0.15) is 0 Å². The average Bonchev–Trinajstić information content (AvgIpc) is 3.28. The number of benzene rings is 2. The van der Waals surface area contributed by atoms with E-state index in [1.165, 1.54) is 11.1 Å². The van der Waals surface area contributed by atoms with Gasteiger partial charge in [0.05, 0.1) is 6.04 Å². The van der Waals surface area contributed by atoms with Gasteiger partial charge in [0.15, 0.2) is 0 Å². The molecule has 28 heavy (non-hydrogen) atoms. The van der Waals surface area contributed by atoms with Gasteiger partial charge in [0.25, 0.3) is 0 Å². The zero-order valence-corrected chi connectivity index (χ0v) is 16.6. The molecule has 2 aromatic rings. The summed E-state index contributed by atoms with van der Waals surface area (Å²) in [5, 5.41) is 3.27. The Balaban J connectivity index is 1.40. The smallest absolute Gasteiger partial charge is 0.244 e. The van der Waals surface area contributed by atoms with Crippen LogP contribution in [0.2, 0.25) is 0 Å². The summed E-state index contributed by atoms with van der Waals surface area (Å²) >= 11 is 1.75. The minimum Gasteiger partial charge on any atom is -0.347 e. The van der Waals surface area contributed by atoms with E-state index < -0.39 is 6.04 Å². The number of amides is 2. The van der Waals surface area contributed by atoms with Crippen LogP contribution in [0, 0.1) is 0 Å². The van der Waals surface area contributed by atoms with E-state index in [0.717, 1.165) is 31.2 Å². The largest absolute Gasteiger partial charge is 0.347 e. The van der Waals surface area contributed by atoms with Gasteiger partial charge >= 0.3 is 0 Å². The van der Waals surface area contributed by atoms with Crippen molar-refractivity contribution in [2.75, 3.05) is 5.75 Å². The standard InChI is InChI=1S/C23H24N2O2S/c26-21-13-14-23(17-9-2-1-3-10-17)25(21)20(15-28-23)22(27)24-19-12-6-8-16-7-4-5-11-18(16)19/h1-5,7,9-11,19-20H,6,8,12-15H2,(H,24,27)/t19-,20+,23-/m1/s1. The Morgan fingerprint density at radius 3 is 2.71 bits per heavy atom. The first-order chi connectivity index (χ1) is 13.7. The molecule has 0 spiro atoms. The zero-order chi connectivity index (χ0) is 19.1. The molecule has 0 radical (unpaired) electrons. The summed E-state index contributed by atoms with van der Waals surface area (Å²) in [5.41, 5.74) is 3.69.